The number of alkyl halides is 6. The molecule has 1 heterocycles. The van der Waals surface area contributed by atoms with E-state index >= 15 is 0 Å². The zero-order valence-electron chi connectivity index (χ0n) is 11.1. The molecule has 2 rings (SSSR count). The van der Waals surface area contributed by atoms with Gasteiger partial charge >= 0.3 is 12.4 Å². The number of rotatable bonds is 2. The summed E-state index contributed by atoms with van der Waals surface area (Å²) in [4.78, 5) is 3.48. The van der Waals surface area contributed by atoms with Gasteiger partial charge in [0.05, 0.1) is 12.7 Å². The molecule has 1 aromatic heterocycles. The largest absolute Gasteiger partial charge is 0.481 e. The van der Waals surface area contributed by atoms with Crippen LogP contribution in [0.2, 0.25) is 0 Å². The van der Waals surface area contributed by atoms with Crippen LogP contribution in [0.3, 0.4) is 0 Å². The van der Waals surface area contributed by atoms with E-state index in [9.17, 15) is 26.3 Å². The van der Waals surface area contributed by atoms with E-state index in [0.717, 1.165) is 43.6 Å². The summed E-state index contributed by atoms with van der Waals surface area (Å²) in [6.07, 6.45) is -8.21. The molecule has 0 aliphatic rings. The maximum atomic E-state index is 13.2. The zero-order chi connectivity index (χ0) is 16.5. The molecule has 0 spiro atoms. The van der Waals surface area contributed by atoms with E-state index in [1.165, 1.54) is 0 Å². The Balaban J connectivity index is 2.58. The first-order valence-corrected chi connectivity index (χ1v) is 5.92. The molecule has 0 radical (unpaired) electrons. The maximum Gasteiger partial charge on any atom is 0.422 e. The highest BCUT2D eigenvalue weighted by atomic mass is 19.4. The Hall–Kier alpha value is -2.25. The topological polar surface area (TPSA) is 22.1 Å². The first-order valence-electron chi connectivity index (χ1n) is 5.92. The van der Waals surface area contributed by atoms with Gasteiger partial charge in [0, 0.05) is 11.8 Å². The van der Waals surface area contributed by atoms with E-state index in [0.29, 0.717) is 0 Å². The number of pyridine rings is 1. The normalized spacial score (nSPS) is 12.3. The van der Waals surface area contributed by atoms with Crippen LogP contribution in [-0.2, 0) is 12.4 Å². The summed E-state index contributed by atoms with van der Waals surface area (Å²) in [7, 11) is 1.04. The third-order valence-electron chi connectivity index (χ3n) is 2.92. The van der Waals surface area contributed by atoms with Crippen molar-refractivity contribution in [3.63, 3.8) is 0 Å². The van der Waals surface area contributed by atoms with Gasteiger partial charge in [-0.3, -0.25) is 0 Å². The van der Waals surface area contributed by atoms with Crippen molar-refractivity contribution in [1.82, 2.24) is 4.98 Å². The minimum atomic E-state index is -4.75. The van der Waals surface area contributed by atoms with Gasteiger partial charge in [0.25, 0.3) is 0 Å². The smallest absolute Gasteiger partial charge is 0.422 e. The number of methoxy groups -OCH3 is 1. The van der Waals surface area contributed by atoms with Crippen LogP contribution >= 0.6 is 0 Å². The van der Waals surface area contributed by atoms with Gasteiger partial charge in [-0.05, 0) is 23.8 Å². The second kappa shape index (κ2) is 5.51. The zero-order valence-corrected chi connectivity index (χ0v) is 11.1. The van der Waals surface area contributed by atoms with Crippen LogP contribution < -0.4 is 4.74 Å². The van der Waals surface area contributed by atoms with Crippen LogP contribution in [0.1, 0.15) is 11.1 Å². The average Bonchev–Trinajstić information content (AvgIpc) is 2.44. The molecule has 0 saturated heterocycles. The number of halogens is 6. The predicted molar refractivity (Wildman–Crippen MR) is 66.2 cm³/mol. The molecule has 2 aromatic rings. The Bertz CT molecular complexity index is 661. The fourth-order valence-corrected chi connectivity index (χ4v) is 1.95. The van der Waals surface area contributed by atoms with Crippen molar-refractivity contribution in [1.29, 1.82) is 0 Å². The summed E-state index contributed by atoms with van der Waals surface area (Å²) >= 11 is 0. The fraction of sp³-hybridized carbons (Fsp3) is 0.214. The molecule has 0 unspecified atom stereocenters. The lowest BCUT2D eigenvalue weighted by molar-refractivity contribution is -0.139. The van der Waals surface area contributed by atoms with Crippen molar-refractivity contribution < 1.29 is 31.1 Å². The Morgan fingerprint density at radius 1 is 0.864 bits per heavy atom. The lowest BCUT2D eigenvalue weighted by Crippen LogP contribution is -2.11. The Labute approximate surface area is 121 Å². The molecule has 1 aromatic carbocycles. The molecule has 118 valence electrons. The molecule has 0 aliphatic carbocycles. The quantitative estimate of drug-likeness (QED) is 0.742. The third kappa shape index (κ3) is 3.15. The van der Waals surface area contributed by atoms with Crippen LogP contribution in [0.4, 0.5) is 26.3 Å². The molecule has 0 amide bonds. The van der Waals surface area contributed by atoms with Crippen LogP contribution in [-0.4, -0.2) is 12.1 Å². The molecule has 0 aliphatic heterocycles. The first kappa shape index (κ1) is 16.1. The minimum Gasteiger partial charge on any atom is -0.481 e. The van der Waals surface area contributed by atoms with Crippen LogP contribution in [0.25, 0.3) is 11.1 Å². The summed E-state index contributed by atoms with van der Waals surface area (Å²) < 4.78 is 81.5. The summed E-state index contributed by atoms with van der Waals surface area (Å²) in [5.74, 6) is -0.634. The molecule has 0 N–H and O–H groups in total. The highest BCUT2D eigenvalue weighted by Gasteiger charge is 2.38. The van der Waals surface area contributed by atoms with Gasteiger partial charge in [-0.1, -0.05) is 12.1 Å². The van der Waals surface area contributed by atoms with Crippen LogP contribution in [0.15, 0.2) is 36.5 Å². The number of aromatic nitrogens is 1. The lowest BCUT2D eigenvalue weighted by Gasteiger charge is -2.16. The monoisotopic (exact) mass is 321 g/mol. The van der Waals surface area contributed by atoms with Gasteiger partial charge < -0.3 is 4.74 Å². The van der Waals surface area contributed by atoms with Gasteiger partial charge in [-0.25, -0.2) is 4.98 Å². The van der Waals surface area contributed by atoms with Crippen molar-refractivity contribution in [3.8, 4) is 17.0 Å². The number of benzene rings is 1. The summed E-state index contributed by atoms with van der Waals surface area (Å²) in [6.45, 7) is 0. The van der Waals surface area contributed by atoms with Crippen LogP contribution in [0.5, 0.6) is 5.88 Å². The first-order chi connectivity index (χ1) is 10.1. The van der Waals surface area contributed by atoms with E-state index in [-0.39, 0.29) is 11.1 Å². The van der Waals surface area contributed by atoms with Crippen molar-refractivity contribution in [2.75, 3.05) is 7.11 Å². The van der Waals surface area contributed by atoms with E-state index in [1.807, 2.05) is 0 Å². The van der Waals surface area contributed by atoms with E-state index < -0.39 is 29.4 Å². The molecule has 0 atom stereocenters. The summed E-state index contributed by atoms with van der Waals surface area (Å²) in [5.41, 5.74) is -2.38. The number of ether oxygens (including phenoxy) is 1. The summed E-state index contributed by atoms with van der Waals surface area (Å²) in [5, 5.41) is 0. The van der Waals surface area contributed by atoms with Crippen molar-refractivity contribution in [3.05, 3.63) is 47.7 Å². The third-order valence-corrected chi connectivity index (χ3v) is 2.92. The predicted octanol–water partition coefficient (Wildman–Crippen LogP) is 4.79. The van der Waals surface area contributed by atoms with Gasteiger partial charge in [0.1, 0.15) is 5.56 Å². The van der Waals surface area contributed by atoms with Gasteiger partial charge in [0.2, 0.25) is 5.88 Å². The maximum absolute atomic E-state index is 13.2. The van der Waals surface area contributed by atoms with Crippen molar-refractivity contribution >= 4 is 0 Å². The molecule has 2 nitrogen and oxygen atoms in total. The Morgan fingerprint density at radius 2 is 1.45 bits per heavy atom. The van der Waals surface area contributed by atoms with E-state index in [1.54, 1.807) is 0 Å². The van der Waals surface area contributed by atoms with Gasteiger partial charge in [0.15, 0.2) is 0 Å². The highest BCUT2D eigenvalue weighted by molar-refractivity contribution is 5.70. The second-order valence-electron chi connectivity index (χ2n) is 4.32. The molecule has 0 bridgehead atoms. The summed E-state index contributed by atoms with van der Waals surface area (Å²) in [6, 6.07) is 4.48. The van der Waals surface area contributed by atoms with Crippen LogP contribution in [0, 0.1) is 0 Å². The SMILES string of the molecule is COc1nccc(-c2ccc(C(F)(F)F)cc2)c1C(F)(F)F. The van der Waals surface area contributed by atoms with Gasteiger partial charge in [-0.15, -0.1) is 0 Å². The molecule has 0 fully saturated rings. The van der Waals surface area contributed by atoms with E-state index in [2.05, 4.69) is 9.72 Å². The molecular formula is C14H9F6NO. The second-order valence-corrected chi connectivity index (χ2v) is 4.32. The highest BCUT2D eigenvalue weighted by Crippen LogP contribution is 2.42. The minimum absolute atomic E-state index is 0.0129. The number of hydrogen-bond acceptors (Lipinski definition) is 2. The Morgan fingerprint density at radius 3 is 1.91 bits per heavy atom. The number of hydrogen-bond donors (Lipinski definition) is 0. The van der Waals surface area contributed by atoms with E-state index in [4.69, 9.17) is 0 Å². The van der Waals surface area contributed by atoms with Crippen molar-refractivity contribution in [2.24, 2.45) is 0 Å². The van der Waals surface area contributed by atoms with Gasteiger partial charge in [-0.2, -0.15) is 26.3 Å². The fourth-order valence-electron chi connectivity index (χ4n) is 1.95. The Kier molecular flexibility index (Phi) is 4.04. The lowest BCUT2D eigenvalue weighted by atomic mass is 9.99. The molecule has 8 heteroatoms. The average molecular weight is 321 g/mol. The number of nitrogens with zero attached hydrogens (tertiary/aromatic N) is 1. The molecular weight excluding hydrogens is 312 g/mol. The standard InChI is InChI=1S/C14H9F6NO/c1-22-12-11(14(18,19)20)10(6-7-21-12)8-2-4-9(5-3-8)13(15,16)17/h2-7H,1H3. The van der Waals surface area contributed by atoms with Crippen molar-refractivity contribution in [2.45, 2.75) is 12.4 Å². The molecule has 22 heavy (non-hydrogen) atoms. The molecule has 0 saturated carbocycles.